The van der Waals surface area contributed by atoms with Crippen LogP contribution in [0.1, 0.15) is 25.8 Å². The molecule has 1 aromatic carbocycles. The summed E-state index contributed by atoms with van der Waals surface area (Å²) in [5.41, 5.74) is 7.16. The van der Waals surface area contributed by atoms with Crippen molar-refractivity contribution in [3.05, 3.63) is 35.2 Å². The minimum absolute atomic E-state index is 0.0222. The first-order chi connectivity index (χ1) is 9.49. The molecule has 0 unspecified atom stereocenters. The highest BCUT2D eigenvalue weighted by Gasteiger charge is 2.19. The minimum Gasteiger partial charge on any atom is -0.340 e. The van der Waals surface area contributed by atoms with Gasteiger partial charge in [-0.3, -0.25) is 4.79 Å². The predicted molar refractivity (Wildman–Crippen MR) is 85.7 cm³/mol. The maximum atomic E-state index is 12.2. The first-order valence-electron chi connectivity index (χ1n) is 6.94. The van der Waals surface area contributed by atoms with E-state index >= 15 is 0 Å². The molecule has 0 radical (unpaired) electrons. The summed E-state index contributed by atoms with van der Waals surface area (Å²) < 4.78 is 1.26. The van der Waals surface area contributed by atoms with E-state index in [9.17, 15) is 4.79 Å². The van der Waals surface area contributed by atoms with Crippen molar-refractivity contribution in [2.75, 3.05) is 7.05 Å². The van der Waals surface area contributed by atoms with Crippen molar-refractivity contribution in [3.63, 3.8) is 0 Å². The summed E-state index contributed by atoms with van der Waals surface area (Å²) in [5, 5.41) is 3.36. The third kappa shape index (κ3) is 3.38. The zero-order valence-electron chi connectivity index (χ0n) is 12.3. The molecule has 0 aliphatic heterocycles. The Balaban J connectivity index is 2.07. The monoisotopic (exact) mass is 290 g/mol. The van der Waals surface area contributed by atoms with E-state index in [1.165, 1.54) is 15.6 Å². The average molecular weight is 290 g/mol. The normalized spacial score (nSPS) is 12.8. The molecule has 2 aromatic rings. The SMILES string of the molecule is CC(C)C[C@H](N)C(=O)N(C)Cc1csc2ccccc12. The highest BCUT2D eigenvalue weighted by atomic mass is 32.1. The number of thiophene rings is 1. The minimum atomic E-state index is -0.398. The summed E-state index contributed by atoms with van der Waals surface area (Å²) in [5.74, 6) is 0.457. The van der Waals surface area contributed by atoms with Gasteiger partial charge in [0.1, 0.15) is 0 Å². The molecule has 2 rings (SSSR count). The number of benzene rings is 1. The molecule has 0 saturated heterocycles. The second kappa shape index (κ2) is 6.37. The molecule has 1 aromatic heterocycles. The van der Waals surface area contributed by atoms with Crippen molar-refractivity contribution in [3.8, 4) is 0 Å². The Kier molecular flexibility index (Phi) is 4.78. The number of nitrogens with zero attached hydrogens (tertiary/aromatic N) is 1. The molecule has 0 fully saturated rings. The number of carbonyl (C=O) groups is 1. The van der Waals surface area contributed by atoms with Gasteiger partial charge in [0.25, 0.3) is 0 Å². The fraction of sp³-hybridized carbons (Fsp3) is 0.438. The molecule has 3 nitrogen and oxygen atoms in total. The van der Waals surface area contributed by atoms with Gasteiger partial charge in [-0.15, -0.1) is 11.3 Å². The summed E-state index contributed by atoms with van der Waals surface area (Å²) in [7, 11) is 1.83. The van der Waals surface area contributed by atoms with Gasteiger partial charge in [-0.1, -0.05) is 32.0 Å². The molecular weight excluding hydrogens is 268 g/mol. The van der Waals surface area contributed by atoms with Crippen molar-refractivity contribution < 1.29 is 4.79 Å². The highest BCUT2D eigenvalue weighted by Crippen LogP contribution is 2.26. The summed E-state index contributed by atoms with van der Waals surface area (Å²) >= 11 is 1.72. The van der Waals surface area contributed by atoms with Crippen LogP contribution in [0.15, 0.2) is 29.6 Å². The molecule has 1 amide bonds. The zero-order chi connectivity index (χ0) is 14.7. The number of likely N-dealkylation sites (N-methyl/N-ethyl adjacent to an activating group) is 1. The molecule has 1 heterocycles. The number of hydrogen-bond donors (Lipinski definition) is 1. The van der Waals surface area contributed by atoms with Crippen molar-refractivity contribution in [2.24, 2.45) is 11.7 Å². The van der Waals surface area contributed by atoms with Crippen LogP contribution in [0.5, 0.6) is 0 Å². The summed E-state index contributed by atoms with van der Waals surface area (Å²) in [6.45, 7) is 4.79. The number of carbonyl (C=O) groups excluding carboxylic acids is 1. The van der Waals surface area contributed by atoms with E-state index in [0.29, 0.717) is 12.5 Å². The van der Waals surface area contributed by atoms with Crippen molar-refractivity contribution in [1.29, 1.82) is 0 Å². The number of rotatable bonds is 5. The largest absolute Gasteiger partial charge is 0.340 e. The lowest BCUT2D eigenvalue weighted by atomic mass is 10.0. The van der Waals surface area contributed by atoms with E-state index < -0.39 is 6.04 Å². The molecule has 0 saturated carbocycles. The lowest BCUT2D eigenvalue weighted by molar-refractivity contribution is -0.132. The third-order valence-corrected chi connectivity index (χ3v) is 4.40. The van der Waals surface area contributed by atoms with E-state index in [0.717, 1.165) is 6.42 Å². The van der Waals surface area contributed by atoms with Gasteiger partial charge in [0.05, 0.1) is 6.04 Å². The van der Waals surface area contributed by atoms with Crippen LogP contribution in [0.4, 0.5) is 0 Å². The Labute approximate surface area is 124 Å². The maximum absolute atomic E-state index is 12.2. The lowest BCUT2D eigenvalue weighted by Gasteiger charge is -2.22. The molecule has 0 aliphatic carbocycles. The van der Waals surface area contributed by atoms with Gasteiger partial charge in [0.2, 0.25) is 5.91 Å². The fourth-order valence-electron chi connectivity index (χ4n) is 2.38. The molecule has 0 bridgehead atoms. The molecule has 0 aliphatic rings. The third-order valence-electron chi connectivity index (χ3n) is 3.39. The van der Waals surface area contributed by atoms with Crippen molar-refractivity contribution >= 4 is 27.3 Å². The first kappa shape index (κ1) is 15.0. The van der Waals surface area contributed by atoms with E-state index in [1.54, 1.807) is 16.2 Å². The Morgan fingerprint density at radius 3 is 2.75 bits per heavy atom. The number of fused-ring (bicyclic) bond motifs is 1. The Morgan fingerprint density at radius 1 is 1.35 bits per heavy atom. The average Bonchev–Trinajstić information content (AvgIpc) is 2.80. The standard InChI is InChI=1S/C16H22N2OS/c1-11(2)8-14(17)16(19)18(3)9-12-10-20-15-7-5-4-6-13(12)15/h4-7,10-11,14H,8-9,17H2,1-3H3/t14-/m0/s1. The van der Waals surface area contributed by atoms with Gasteiger partial charge in [0.15, 0.2) is 0 Å². The molecule has 20 heavy (non-hydrogen) atoms. The van der Waals surface area contributed by atoms with Gasteiger partial charge < -0.3 is 10.6 Å². The predicted octanol–water partition coefficient (Wildman–Crippen LogP) is 3.23. The number of hydrogen-bond acceptors (Lipinski definition) is 3. The molecule has 1 atom stereocenters. The van der Waals surface area contributed by atoms with E-state index in [4.69, 9.17) is 5.73 Å². The second-order valence-electron chi connectivity index (χ2n) is 5.69. The van der Waals surface area contributed by atoms with Crippen LogP contribution in [0.3, 0.4) is 0 Å². The van der Waals surface area contributed by atoms with Gasteiger partial charge in [-0.05, 0) is 34.7 Å². The molecule has 108 valence electrons. The number of nitrogens with two attached hydrogens (primary N) is 1. The lowest BCUT2D eigenvalue weighted by Crippen LogP contribution is -2.42. The highest BCUT2D eigenvalue weighted by molar-refractivity contribution is 7.17. The summed E-state index contributed by atoms with van der Waals surface area (Å²) in [6.07, 6.45) is 0.730. The first-order valence-corrected chi connectivity index (χ1v) is 7.82. The van der Waals surface area contributed by atoms with Gasteiger partial charge in [0, 0.05) is 18.3 Å². The molecular formula is C16H22N2OS. The molecule has 0 spiro atoms. The second-order valence-corrected chi connectivity index (χ2v) is 6.60. The molecule has 4 heteroatoms. The quantitative estimate of drug-likeness (QED) is 0.919. The maximum Gasteiger partial charge on any atom is 0.239 e. The summed E-state index contributed by atoms with van der Waals surface area (Å²) in [6, 6.07) is 7.88. The summed E-state index contributed by atoms with van der Waals surface area (Å²) in [4.78, 5) is 14.0. The molecule has 2 N–H and O–H groups in total. The van der Waals surface area contributed by atoms with Crippen LogP contribution in [0.25, 0.3) is 10.1 Å². The van der Waals surface area contributed by atoms with Gasteiger partial charge >= 0.3 is 0 Å². The van der Waals surface area contributed by atoms with Crippen molar-refractivity contribution in [1.82, 2.24) is 4.90 Å². The number of amides is 1. The van der Waals surface area contributed by atoms with Crippen LogP contribution < -0.4 is 5.73 Å². The van der Waals surface area contributed by atoms with Crippen molar-refractivity contribution in [2.45, 2.75) is 32.9 Å². The van der Waals surface area contributed by atoms with Gasteiger partial charge in [-0.2, -0.15) is 0 Å². The zero-order valence-corrected chi connectivity index (χ0v) is 13.1. The van der Waals surface area contributed by atoms with Crippen LogP contribution in [-0.4, -0.2) is 23.9 Å². The Morgan fingerprint density at radius 2 is 2.05 bits per heavy atom. The van der Waals surface area contributed by atoms with Gasteiger partial charge in [-0.25, -0.2) is 0 Å². The van der Waals surface area contributed by atoms with Crippen LogP contribution in [-0.2, 0) is 11.3 Å². The Bertz CT molecular complexity index is 591. The van der Waals surface area contributed by atoms with Crippen LogP contribution in [0, 0.1) is 5.92 Å². The van der Waals surface area contributed by atoms with E-state index in [1.807, 2.05) is 19.2 Å². The van der Waals surface area contributed by atoms with Crippen LogP contribution >= 0.6 is 11.3 Å². The smallest absolute Gasteiger partial charge is 0.239 e. The van der Waals surface area contributed by atoms with Crippen LogP contribution in [0.2, 0.25) is 0 Å². The van der Waals surface area contributed by atoms with E-state index in [-0.39, 0.29) is 5.91 Å². The Hall–Kier alpha value is -1.39. The van der Waals surface area contributed by atoms with E-state index in [2.05, 4.69) is 31.4 Å². The fourth-order valence-corrected chi connectivity index (χ4v) is 3.33. The topological polar surface area (TPSA) is 46.3 Å².